The predicted octanol–water partition coefficient (Wildman–Crippen LogP) is 3.89. The number of ketones is 1. The maximum Gasteiger partial charge on any atom is 0.207 e. The Morgan fingerprint density at radius 1 is 1.26 bits per heavy atom. The molecule has 2 aliphatic rings. The quantitative estimate of drug-likeness (QED) is 0.794. The number of halogens is 1. The molecule has 1 unspecified atom stereocenters. The van der Waals surface area contributed by atoms with Crippen molar-refractivity contribution < 1.29 is 13.9 Å². The van der Waals surface area contributed by atoms with Crippen molar-refractivity contribution in [2.75, 3.05) is 20.1 Å². The van der Waals surface area contributed by atoms with Gasteiger partial charge in [0, 0.05) is 11.5 Å². The third-order valence-corrected chi connectivity index (χ3v) is 5.76. The van der Waals surface area contributed by atoms with Crippen LogP contribution in [-0.4, -0.2) is 30.8 Å². The number of thiophene rings is 1. The average molecular weight is 331 g/mol. The minimum absolute atomic E-state index is 0.125. The van der Waals surface area contributed by atoms with Crippen molar-refractivity contribution in [3.63, 3.8) is 0 Å². The standard InChI is InChI=1S/C18H18FNO2S/c1-20-8-6-11(7-9-20)17-13-10-15(19)23-18(13)16(21)12-4-2-3-5-14(12)22-17/h2-5,10-11,17H,6-9H2,1H3. The minimum atomic E-state index is -0.316. The maximum atomic E-state index is 13.9. The van der Waals surface area contributed by atoms with Crippen LogP contribution in [0.4, 0.5) is 4.39 Å². The lowest BCUT2D eigenvalue weighted by Crippen LogP contribution is -2.34. The molecule has 1 saturated heterocycles. The molecule has 1 fully saturated rings. The number of likely N-dealkylation sites (tertiary alicyclic amines) is 1. The second kappa shape index (κ2) is 5.73. The third-order valence-electron chi connectivity index (χ3n) is 4.82. The SMILES string of the molecule is CN1CCC(C2Oc3ccccc3C(=O)c3sc(F)cc32)CC1. The van der Waals surface area contributed by atoms with E-state index in [1.807, 2.05) is 18.2 Å². The van der Waals surface area contributed by atoms with Crippen LogP contribution in [0, 0.1) is 11.0 Å². The van der Waals surface area contributed by atoms with Crippen LogP contribution in [0.15, 0.2) is 30.3 Å². The molecule has 2 aromatic rings. The van der Waals surface area contributed by atoms with E-state index in [2.05, 4.69) is 11.9 Å². The highest BCUT2D eigenvalue weighted by Crippen LogP contribution is 2.43. The summed E-state index contributed by atoms with van der Waals surface area (Å²) in [5, 5.41) is -0.316. The summed E-state index contributed by atoms with van der Waals surface area (Å²) in [6.07, 6.45) is 1.75. The largest absolute Gasteiger partial charge is 0.485 e. The van der Waals surface area contributed by atoms with Gasteiger partial charge in [-0.05, 0) is 51.2 Å². The molecule has 23 heavy (non-hydrogen) atoms. The lowest BCUT2D eigenvalue weighted by molar-refractivity contribution is 0.0855. The molecule has 3 heterocycles. The molecule has 0 bridgehead atoms. The number of hydrogen-bond acceptors (Lipinski definition) is 4. The highest BCUT2D eigenvalue weighted by Gasteiger charge is 2.36. The van der Waals surface area contributed by atoms with Gasteiger partial charge in [-0.1, -0.05) is 12.1 Å². The number of hydrogen-bond donors (Lipinski definition) is 0. The van der Waals surface area contributed by atoms with Crippen LogP contribution in [-0.2, 0) is 0 Å². The Bertz CT molecular complexity index is 749. The summed E-state index contributed by atoms with van der Waals surface area (Å²) in [6.45, 7) is 2.00. The molecular formula is C18H18FNO2S. The van der Waals surface area contributed by atoms with Gasteiger partial charge in [0.1, 0.15) is 11.9 Å². The van der Waals surface area contributed by atoms with Gasteiger partial charge in [0.25, 0.3) is 0 Å². The Kier molecular flexibility index (Phi) is 3.70. The molecule has 0 aliphatic carbocycles. The van der Waals surface area contributed by atoms with Crippen LogP contribution < -0.4 is 4.74 Å². The van der Waals surface area contributed by atoms with E-state index in [0.29, 0.717) is 22.1 Å². The number of fused-ring (bicyclic) bond motifs is 2. The van der Waals surface area contributed by atoms with Crippen LogP contribution >= 0.6 is 11.3 Å². The first-order chi connectivity index (χ1) is 11.1. The van der Waals surface area contributed by atoms with Gasteiger partial charge in [0.05, 0.1) is 10.4 Å². The van der Waals surface area contributed by atoms with Crippen molar-refractivity contribution in [2.24, 2.45) is 5.92 Å². The summed E-state index contributed by atoms with van der Waals surface area (Å²) >= 11 is 0.937. The third kappa shape index (κ3) is 2.58. The second-order valence-electron chi connectivity index (χ2n) is 6.34. The van der Waals surface area contributed by atoms with Crippen LogP contribution in [0.2, 0.25) is 0 Å². The van der Waals surface area contributed by atoms with Gasteiger partial charge in [0.15, 0.2) is 5.13 Å². The fourth-order valence-corrected chi connectivity index (χ4v) is 4.40. The summed E-state index contributed by atoms with van der Waals surface area (Å²) in [5.74, 6) is 0.795. The monoisotopic (exact) mass is 331 g/mol. The summed E-state index contributed by atoms with van der Waals surface area (Å²) < 4.78 is 20.1. The van der Waals surface area contributed by atoms with Gasteiger partial charge >= 0.3 is 0 Å². The van der Waals surface area contributed by atoms with E-state index in [0.717, 1.165) is 42.8 Å². The molecular weight excluding hydrogens is 313 g/mol. The minimum Gasteiger partial charge on any atom is -0.485 e. The topological polar surface area (TPSA) is 29.5 Å². The molecule has 120 valence electrons. The Hall–Kier alpha value is -1.72. The van der Waals surface area contributed by atoms with E-state index < -0.39 is 0 Å². The zero-order chi connectivity index (χ0) is 16.0. The zero-order valence-corrected chi connectivity index (χ0v) is 13.7. The highest BCUT2D eigenvalue weighted by atomic mass is 32.1. The summed E-state index contributed by atoms with van der Waals surface area (Å²) in [6, 6.07) is 8.78. The van der Waals surface area contributed by atoms with Crippen molar-refractivity contribution >= 4 is 17.1 Å². The number of rotatable bonds is 1. The van der Waals surface area contributed by atoms with Gasteiger partial charge in [-0.25, -0.2) is 0 Å². The number of para-hydroxylation sites is 1. The lowest BCUT2D eigenvalue weighted by Gasteiger charge is -2.34. The fraction of sp³-hybridized carbons (Fsp3) is 0.389. The number of carbonyl (C=O) groups excluding carboxylic acids is 1. The first-order valence-corrected chi connectivity index (χ1v) is 8.73. The second-order valence-corrected chi connectivity index (χ2v) is 7.34. The molecule has 0 N–H and O–H groups in total. The van der Waals surface area contributed by atoms with Crippen molar-refractivity contribution in [3.05, 3.63) is 51.5 Å². The number of benzene rings is 1. The van der Waals surface area contributed by atoms with Crippen LogP contribution in [0.1, 0.15) is 39.7 Å². The summed E-state index contributed by atoms with van der Waals surface area (Å²) in [4.78, 5) is 15.6. The number of ether oxygens (including phenoxy) is 1. The van der Waals surface area contributed by atoms with Crippen molar-refractivity contribution in [3.8, 4) is 5.75 Å². The van der Waals surface area contributed by atoms with Crippen LogP contribution in [0.3, 0.4) is 0 Å². The van der Waals surface area contributed by atoms with E-state index in [1.54, 1.807) is 6.07 Å². The zero-order valence-electron chi connectivity index (χ0n) is 12.9. The molecule has 2 aliphatic heterocycles. The molecule has 1 aromatic carbocycles. The normalized spacial score (nSPS) is 22.2. The van der Waals surface area contributed by atoms with Crippen molar-refractivity contribution in [1.82, 2.24) is 4.90 Å². The van der Waals surface area contributed by atoms with Crippen LogP contribution in [0.25, 0.3) is 0 Å². The first-order valence-electron chi connectivity index (χ1n) is 7.91. The molecule has 4 rings (SSSR count). The maximum absolute atomic E-state index is 13.9. The molecule has 0 radical (unpaired) electrons. The number of nitrogens with zero attached hydrogens (tertiary/aromatic N) is 1. The van der Waals surface area contributed by atoms with Gasteiger partial charge < -0.3 is 9.64 Å². The van der Waals surface area contributed by atoms with Crippen molar-refractivity contribution in [2.45, 2.75) is 18.9 Å². The lowest BCUT2D eigenvalue weighted by atomic mass is 9.87. The van der Waals surface area contributed by atoms with E-state index >= 15 is 0 Å². The van der Waals surface area contributed by atoms with Gasteiger partial charge in [-0.3, -0.25) is 4.79 Å². The van der Waals surface area contributed by atoms with Gasteiger partial charge in [-0.15, -0.1) is 11.3 Å². The summed E-state index contributed by atoms with van der Waals surface area (Å²) in [5.41, 5.74) is 1.26. The van der Waals surface area contributed by atoms with Crippen LogP contribution in [0.5, 0.6) is 5.75 Å². The molecule has 5 heteroatoms. The Morgan fingerprint density at radius 2 is 2.00 bits per heavy atom. The molecule has 3 nitrogen and oxygen atoms in total. The average Bonchev–Trinajstić information content (AvgIpc) is 2.90. The van der Waals surface area contributed by atoms with E-state index in [1.165, 1.54) is 6.07 Å². The highest BCUT2D eigenvalue weighted by molar-refractivity contribution is 7.12. The molecule has 1 atom stereocenters. The Labute approximate surface area is 138 Å². The van der Waals surface area contributed by atoms with E-state index in [9.17, 15) is 9.18 Å². The summed E-state index contributed by atoms with van der Waals surface area (Å²) in [7, 11) is 2.11. The first kappa shape index (κ1) is 14.8. The van der Waals surface area contributed by atoms with Crippen molar-refractivity contribution in [1.29, 1.82) is 0 Å². The van der Waals surface area contributed by atoms with E-state index in [-0.39, 0.29) is 17.0 Å². The number of carbonyl (C=O) groups is 1. The predicted molar refractivity (Wildman–Crippen MR) is 87.7 cm³/mol. The molecule has 0 spiro atoms. The number of piperidine rings is 1. The van der Waals surface area contributed by atoms with Gasteiger partial charge in [0.2, 0.25) is 5.78 Å². The Balaban J connectivity index is 1.79. The molecule has 0 saturated carbocycles. The molecule has 0 amide bonds. The molecule has 1 aromatic heterocycles. The Morgan fingerprint density at radius 3 is 2.78 bits per heavy atom. The van der Waals surface area contributed by atoms with Gasteiger partial charge in [-0.2, -0.15) is 4.39 Å². The fourth-order valence-electron chi connectivity index (χ4n) is 3.52. The smallest absolute Gasteiger partial charge is 0.207 e. The van der Waals surface area contributed by atoms with E-state index in [4.69, 9.17) is 4.74 Å².